The lowest BCUT2D eigenvalue weighted by Crippen LogP contribution is -2.32. The Kier molecular flexibility index (Phi) is 5.85. The molecule has 6 nitrogen and oxygen atoms in total. The predicted octanol–water partition coefficient (Wildman–Crippen LogP) is 4.59. The maximum atomic E-state index is 12.7. The van der Waals surface area contributed by atoms with Crippen molar-refractivity contribution in [3.8, 4) is 5.75 Å². The minimum atomic E-state index is -0.262. The van der Waals surface area contributed by atoms with Crippen LogP contribution < -0.4 is 15.4 Å². The van der Waals surface area contributed by atoms with Gasteiger partial charge in [-0.1, -0.05) is 30.3 Å². The van der Waals surface area contributed by atoms with Crippen LogP contribution in [0.3, 0.4) is 0 Å². The average Bonchev–Trinajstić information content (AvgIpc) is 2.80. The summed E-state index contributed by atoms with van der Waals surface area (Å²) in [4.78, 5) is 21.0. The third-order valence-corrected chi connectivity index (χ3v) is 5.00. The third kappa shape index (κ3) is 4.38. The summed E-state index contributed by atoms with van der Waals surface area (Å²) in [7, 11) is 1.64. The van der Waals surface area contributed by atoms with E-state index in [0.717, 1.165) is 33.3 Å². The van der Waals surface area contributed by atoms with Crippen LogP contribution in [0.4, 0.5) is 10.5 Å². The Balaban J connectivity index is 1.51. The third-order valence-electron chi connectivity index (χ3n) is 5.00. The smallest absolute Gasteiger partial charge is 0.319 e. The Morgan fingerprint density at radius 3 is 2.53 bits per heavy atom. The summed E-state index contributed by atoms with van der Waals surface area (Å²) in [5.41, 5.74) is 2.84. The number of nitrogens with zero attached hydrogens (tertiary/aromatic N) is 2. The fraction of sp³-hybridized carbons (Fsp3) is 0.125. The number of anilines is 1. The van der Waals surface area contributed by atoms with Crippen molar-refractivity contribution in [2.75, 3.05) is 19.0 Å². The van der Waals surface area contributed by atoms with Gasteiger partial charge in [0.2, 0.25) is 0 Å². The van der Waals surface area contributed by atoms with Gasteiger partial charge in [0.1, 0.15) is 5.75 Å². The molecule has 2 aromatic heterocycles. The van der Waals surface area contributed by atoms with Gasteiger partial charge in [-0.2, -0.15) is 0 Å². The van der Waals surface area contributed by atoms with E-state index < -0.39 is 0 Å². The molecule has 0 saturated heterocycles. The zero-order valence-electron chi connectivity index (χ0n) is 16.6. The fourth-order valence-electron chi connectivity index (χ4n) is 3.44. The molecule has 1 unspecified atom stereocenters. The van der Waals surface area contributed by atoms with Crippen LogP contribution in [0.15, 0.2) is 85.5 Å². The van der Waals surface area contributed by atoms with Crippen molar-refractivity contribution in [2.45, 2.75) is 5.92 Å². The Morgan fingerprint density at radius 2 is 1.77 bits per heavy atom. The number of carbonyl (C=O) groups excluding carboxylic acids is 1. The standard InChI is InChI=1S/C24H22N4O2/c1-30-20-9-7-17(8-10-20)22(19-5-3-12-25-15-19)16-27-24(29)28-23-6-2-4-18-14-26-13-11-21(18)23/h2-15,22H,16H2,1H3,(H2,27,28,29). The van der Waals surface area contributed by atoms with Crippen LogP contribution in [0.25, 0.3) is 10.8 Å². The topological polar surface area (TPSA) is 76.1 Å². The van der Waals surface area contributed by atoms with Crippen molar-refractivity contribution in [2.24, 2.45) is 0 Å². The van der Waals surface area contributed by atoms with Gasteiger partial charge in [-0.3, -0.25) is 9.97 Å². The summed E-state index contributed by atoms with van der Waals surface area (Å²) in [6.07, 6.45) is 7.06. The molecule has 0 aliphatic rings. The average molecular weight is 398 g/mol. The second kappa shape index (κ2) is 9.05. The van der Waals surface area contributed by atoms with Gasteiger partial charge in [0, 0.05) is 48.0 Å². The Bertz CT molecular complexity index is 1130. The van der Waals surface area contributed by atoms with E-state index in [2.05, 4.69) is 20.6 Å². The maximum Gasteiger partial charge on any atom is 0.319 e. The first-order chi connectivity index (χ1) is 14.7. The Morgan fingerprint density at radius 1 is 0.933 bits per heavy atom. The van der Waals surface area contributed by atoms with Gasteiger partial charge >= 0.3 is 6.03 Å². The molecule has 0 fully saturated rings. The quantitative estimate of drug-likeness (QED) is 0.498. The van der Waals surface area contributed by atoms with Crippen LogP contribution >= 0.6 is 0 Å². The lowest BCUT2D eigenvalue weighted by molar-refractivity contribution is 0.252. The molecule has 0 saturated carbocycles. The van der Waals surface area contributed by atoms with Gasteiger partial charge in [0.15, 0.2) is 0 Å². The normalized spacial score (nSPS) is 11.6. The summed E-state index contributed by atoms with van der Waals surface area (Å²) in [6, 6.07) is 19.1. The highest BCUT2D eigenvalue weighted by atomic mass is 16.5. The second-order valence-electron chi connectivity index (χ2n) is 6.85. The van der Waals surface area contributed by atoms with E-state index in [1.54, 1.807) is 25.7 Å². The van der Waals surface area contributed by atoms with Gasteiger partial charge < -0.3 is 15.4 Å². The molecule has 2 amide bonds. The van der Waals surface area contributed by atoms with Crippen LogP contribution in [0.1, 0.15) is 17.0 Å². The molecule has 0 spiro atoms. The molecular weight excluding hydrogens is 376 g/mol. The van der Waals surface area contributed by atoms with E-state index in [4.69, 9.17) is 4.74 Å². The number of fused-ring (bicyclic) bond motifs is 1. The number of hydrogen-bond acceptors (Lipinski definition) is 4. The molecule has 2 aromatic carbocycles. The van der Waals surface area contributed by atoms with Crippen LogP contribution in [-0.2, 0) is 0 Å². The molecule has 6 heteroatoms. The van der Waals surface area contributed by atoms with Gasteiger partial charge in [-0.05, 0) is 41.5 Å². The summed E-state index contributed by atoms with van der Waals surface area (Å²) in [5.74, 6) is 0.756. The first-order valence-electron chi connectivity index (χ1n) is 9.66. The zero-order valence-corrected chi connectivity index (χ0v) is 16.6. The van der Waals surface area contributed by atoms with E-state index in [9.17, 15) is 4.79 Å². The molecule has 0 aliphatic heterocycles. The first-order valence-corrected chi connectivity index (χ1v) is 9.66. The van der Waals surface area contributed by atoms with Crippen molar-refractivity contribution in [1.29, 1.82) is 0 Å². The highest BCUT2D eigenvalue weighted by Crippen LogP contribution is 2.26. The molecular formula is C24H22N4O2. The van der Waals surface area contributed by atoms with E-state index in [0.29, 0.717) is 6.54 Å². The largest absolute Gasteiger partial charge is 0.497 e. The number of ether oxygens (including phenoxy) is 1. The van der Waals surface area contributed by atoms with Crippen molar-refractivity contribution in [1.82, 2.24) is 15.3 Å². The summed E-state index contributed by atoms with van der Waals surface area (Å²) in [6.45, 7) is 0.427. The summed E-state index contributed by atoms with van der Waals surface area (Å²) >= 11 is 0. The summed E-state index contributed by atoms with van der Waals surface area (Å²) in [5, 5.41) is 7.86. The highest BCUT2D eigenvalue weighted by Gasteiger charge is 2.16. The molecule has 1 atom stereocenters. The molecule has 0 radical (unpaired) electrons. The maximum absolute atomic E-state index is 12.7. The Hall–Kier alpha value is -3.93. The van der Waals surface area contributed by atoms with Crippen molar-refractivity contribution in [3.63, 3.8) is 0 Å². The van der Waals surface area contributed by atoms with E-state index in [1.807, 2.05) is 66.9 Å². The van der Waals surface area contributed by atoms with Crippen LogP contribution in [0, 0.1) is 0 Å². The van der Waals surface area contributed by atoms with Crippen molar-refractivity contribution >= 4 is 22.5 Å². The number of urea groups is 1. The monoisotopic (exact) mass is 398 g/mol. The SMILES string of the molecule is COc1ccc(C(CNC(=O)Nc2cccc3cnccc23)c2cccnc2)cc1. The molecule has 0 bridgehead atoms. The number of carbonyl (C=O) groups is 1. The van der Waals surface area contributed by atoms with Gasteiger partial charge in [-0.15, -0.1) is 0 Å². The number of pyridine rings is 2. The lowest BCUT2D eigenvalue weighted by Gasteiger charge is -2.19. The van der Waals surface area contributed by atoms with E-state index in [1.165, 1.54) is 0 Å². The minimum Gasteiger partial charge on any atom is -0.497 e. The van der Waals surface area contributed by atoms with Crippen LogP contribution in [0.2, 0.25) is 0 Å². The van der Waals surface area contributed by atoms with Crippen molar-refractivity contribution in [3.05, 3.63) is 96.6 Å². The van der Waals surface area contributed by atoms with E-state index in [-0.39, 0.29) is 11.9 Å². The van der Waals surface area contributed by atoms with E-state index >= 15 is 0 Å². The highest BCUT2D eigenvalue weighted by molar-refractivity contribution is 6.01. The molecule has 4 aromatic rings. The molecule has 4 rings (SSSR count). The number of rotatable bonds is 6. The number of hydrogen-bond donors (Lipinski definition) is 2. The number of benzene rings is 2. The lowest BCUT2D eigenvalue weighted by atomic mass is 9.92. The van der Waals surface area contributed by atoms with Gasteiger partial charge in [0.05, 0.1) is 12.8 Å². The second-order valence-corrected chi connectivity index (χ2v) is 6.85. The van der Waals surface area contributed by atoms with Crippen LogP contribution in [-0.4, -0.2) is 29.7 Å². The first kappa shape index (κ1) is 19.4. The zero-order chi connectivity index (χ0) is 20.8. The number of methoxy groups -OCH3 is 1. The minimum absolute atomic E-state index is 0.0351. The summed E-state index contributed by atoms with van der Waals surface area (Å²) < 4.78 is 5.26. The van der Waals surface area contributed by atoms with Gasteiger partial charge in [0.25, 0.3) is 0 Å². The number of amides is 2. The number of aromatic nitrogens is 2. The number of nitrogens with one attached hydrogen (secondary N) is 2. The Labute approximate surface area is 175 Å². The predicted molar refractivity (Wildman–Crippen MR) is 118 cm³/mol. The molecule has 150 valence electrons. The molecule has 0 aliphatic carbocycles. The molecule has 2 heterocycles. The fourth-order valence-corrected chi connectivity index (χ4v) is 3.44. The molecule has 30 heavy (non-hydrogen) atoms. The molecule has 2 N–H and O–H groups in total. The van der Waals surface area contributed by atoms with Gasteiger partial charge in [-0.25, -0.2) is 4.79 Å². The van der Waals surface area contributed by atoms with Crippen molar-refractivity contribution < 1.29 is 9.53 Å². The van der Waals surface area contributed by atoms with Crippen LogP contribution in [0.5, 0.6) is 5.75 Å².